The predicted octanol–water partition coefficient (Wildman–Crippen LogP) is 3.80. The van der Waals surface area contributed by atoms with Gasteiger partial charge in [-0.15, -0.1) is 11.3 Å². The number of hydrogen-bond donors (Lipinski definition) is 2. The van der Waals surface area contributed by atoms with Crippen LogP contribution in [0.15, 0.2) is 76.6 Å². The van der Waals surface area contributed by atoms with Gasteiger partial charge in [0.25, 0.3) is 5.91 Å². The third kappa shape index (κ3) is 4.54. The Morgan fingerprint density at radius 1 is 1.08 bits per heavy atom. The van der Waals surface area contributed by atoms with Crippen molar-refractivity contribution in [3.8, 4) is 0 Å². The molecular formula is C19H18BrN2OS+. The number of hydrogen-bond acceptors (Lipinski definition) is 2. The Kier molecular flexibility index (Phi) is 5.80. The van der Waals surface area contributed by atoms with Gasteiger partial charge in [0.15, 0.2) is 6.54 Å². The Morgan fingerprint density at radius 2 is 1.92 bits per heavy atom. The number of halogens is 1. The van der Waals surface area contributed by atoms with Crippen LogP contribution in [0.4, 0.5) is 5.69 Å². The predicted molar refractivity (Wildman–Crippen MR) is 102 cm³/mol. The molecule has 3 N–H and O–H groups in total. The van der Waals surface area contributed by atoms with E-state index in [2.05, 4.69) is 50.1 Å². The second kappa shape index (κ2) is 8.24. The molecule has 0 fully saturated rings. The summed E-state index contributed by atoms with van der Waals surface area (Å²) in [6.07, 6.45) is 0. The highest BCUT2D eigenvalue weighted by Gasteiger charge is 2.19. The summed E-state index contributed by atoms with van der Waals surface area (Å²) in [5.41, 5.74) is 2.00. The van der Waals surface area contributed by atoms with E-state index in [4.69, 9.17) is 0 Å². The van der Waals surface area contributed by atoms with E-state index >= 15 is 0 Å². The molecule has 0 bridgehead atoms. The normalized spacial score (nSPS) is 11.9. The number of rotatable bonds is 6. The fraction of sp³-hybridized carbons (Fsp3) is 0.105. The molecule has 1 heterocycles. The number of carbonyl (C=O) groups is 1. The topological polar surface area (TPSA) is 45.7 Å². The first-order chi connectivity index (χ1) is 11.7. The number of quaternary nitrogens is 1. The third-order valence-corrected chi connectivity index (χ3v) is 5.10. The SMILES string of the molecule is O=C(C[NH2+][C@H](c1ccccc1)c1cccs1)Nc1cccc(Br)c1. The van der Waals surface area contributed by atoms with Gasteiger partial charge in [-0.3, -0.25) is 4.79 Å². The van der Waals surface area contributed by atoms with Gasteiger partial charge in [0.2, 0.25) is 0 Å². The average molecular weight is 402 g/mol. The van der Waals surface area contributed by atoms with Crippen LogP contribution < -0.4 is 10.6 Å². The fourth-order valence-corrected chi connectivity index (χ4v) is 3.80. The summed E-state index contributed by atoms with van der Waals surface area (Å²) in [5.74, 6) is -0.00872. The molecular weight excluding hydrogens is 384 g/mol. The van der Waals surface area contributed by atoms with Gasteiger partial charge in [-0.25, -0.2) is 0 Å². The Labute approximate surface area is 153 Å². The van der Waals surface area contributed by atoms with Crippen LogP contribution in [0, 0.1) is 0 Å². The molecule has 0 aliphatic rings. The van der Waals surface area contributed by atoms with Gasteiger partial charge >= 0.3 is 0 Å². The first-order valence-corrected chi connectivity index (χ1v) is 9.37. The van der Waals surface area contributed by atoms with Crippen LogP contribution >= 0.6 is 27.3 Å². The molecule has 0 spiro atoms. The summed E-state index contributed by atoms with van der Waals surface area (Å²) in [7, 11) is 0. The van der Waals surface area contributed by atoms with Crippen molar-refractivity contribution in [1.82, 2.24) is 0 Å². The zero-order valence-corrected chi connectivity index (χ0v) is 15.4. The van der Waals surface area contributed by atoms with Crippen molar-refractivity contribution in [2.45, 2.75) is 6.04 Å². The van der Waals surface area contributed by atoms with Gasteiger partial charge in [-0.1, -0.05) is 58.4 Å². The fourth-order valence-electron chi connectivity index (χ4n) is 2.55. The number of nitrogens with two attached hydrogens (primary N) is 1. The molecule has 5 heteroatoms. The Balaban J connectivity index is 1.67. The molecule has 3 nitrogen and oxygen atoms in total. The number of amides is 1. The minimum atomic E-state index is -0.00872. The van der Waals surface area contributed by atoms with E-state index < -0.39 is 0 Å². The van der Waals surface area contributed by atoms with Crippen LogP contribution in [0.5, 0.6) is 0 Å². The number of thiophene rings is 1. The molecule has 0 aliphatic heterocycles. The highest BCUT2D eigenvalue weighted by atomic mass is 79.9. The van der Waals surface area contributed by atoms with Crippen LogP contribution in [0.1, 0.15) is 16.5 Å². The average Bonchev–Trinajstić information content (AvgIpc) is 3.10. The van der Waals surface area contributed by atoms with Crippen LogP contribution in [0.2, 0.25) is 0 Å². The molecule has 122 valence electrons. The van der Waals surface area contributed by atoms with Gasteiger partial charge in [0.05, 0.1) is 4.88 Å². The Bertz CT molecular complexity index is 790. The molecule has 0 radical (unpaired) electrons. The van der Waals surface area contributed by atoms with E-state index in [1.54, 1.807) is 11.3 Å². The van der Waals surface area contributed by atoms with Gasteiger partial charge in [0.1, 0.15) is 6.04 Å². The second-order valence-corrected chi connectivity index (χ2v) is 7.30. The van der Waals surface area contributed by atoms with E-state index in [9.17, 15) is 4.79 Å². The summed E-state index contributed by atoms with van der Waals surface area (Å²) in [4.78, 5) is 13.5. The summed E-state index contributed by atoms with van der Waals surface area (Å²) < 4.78 is 0.949. The number of carbonyl (C=O) groups excluding carboxylic acids is 1. The van der Waals surface area contributed by atoms with Crippen molar-refractivity contribution < 1.29 is 10.1 Å². The maximum Gasteiger partial charge on any atom is 0.279 e. The third-order valence-electron chi connectivity index (χ3n) is 3.66. The summed E-state index contributed by atoms with van der Waals surface area (Å²) in [6.45, 7) is 0.365. The maximum absolute atomic E-state index is 12.3. The lowest BCUT2D eigenvalue weighted by atomic mass is 10.1. The minimum absolute atomic E-state index is 0.00872. The first-order valence-electron chi connectivity index (χ1n) is 7.69. The van der Waals surface area contributed by atoms with Gasteiger partial charge in [-0.05, 0) is 29.6 Å². The lowest BCUT2D eigenvalue weighted by Crippen LogP contribution is -2.87. The quantitative estimate of drug-likeness (QED) is 0.647. The largest absolute Gasteiger partial charge is 0.328 e. The highest BCUT2D eigenvalue weighted by Crippen LogP contribution is 2.22. The van der Waals surface area contributed by atoms with Crippen molar-refractivity contribution >= 4 is 38.9 Å². The molecule has 3 aromatic rings. The van der Waals surface area contributed by atoms with Crippen molar-refractivity contribution in [2.24, 2.45) is 0 Å². The van der Waals surface area contributed by atoms with E-state index in [1.165, 1.54) is 10.4 Å². The van der Waals surface area contributed by atoms with E-state index in [-0.39, 0.29) is 11.9 Å². The zero-order chi connectivity index (χ0) is 16.8. The molecule has 1 amide bonds. The van der Waals surface area contributed by atoms with Crippen LogP contribution in [0.3, 0.4) is 0 Å². The van der Waals surface area contributed by atoms with E-state index in [0.29, 0.717) is 6.54 Å². The molecule has 0 saturated heterocycles. The van der Waals surface area contributed by atoms with Gasteiger partial charge in [0, 0.05) is 15.7 Å². The molecule has 2 aromatic carbocycles. The molecule has 0 aliphatic carbocycles. The Hall–Kier alpha value is -1.95. The smallest absolute Gasteiger partial charge is 0.279 e. The number of benzene rings is 2. The van der Waals surface area contributed by atoms with Gasteiger partial charge in [-0.2, -0.15) is 0 Å². The summed E-state index contributed by atoms with van der Waals surface area (Å²) in [6, 6.07) is 22.2. The minimum Gasteiger partial charge on any atom is -0.328 e. The molecule has 0 unspecified atom stereocenters. The first kappa shape index (κ1) is 16.9. The second-order valence-electron chi connectivity index (χ2n) is 5.40. The van der Waals surface area contributed by atoms with Crippen LogP contribution in [-0.2, 0) is 4.79 Å². The van der Waals surface area contributed by atoms with Gasteiger partial charge < -0.3 is 10.6 Å². The van der Waals surface area contributed by atoms with E-state index in [0.717, 1.165) is 10.2 Å². The zero-order valence-electron chi connectivity index (χ0n) is 13.0. The van der Waals surface area contributed by atoms with E-state index in [1.807, 2.05) is 48.5 Å². The lowest BCUT2D eigenvalue weighted by Gasteiger charge is -2.14. The lowest BCUT2D eigenvalue weighted by molar-refractivity contribution is -0.675. The Morgan fingerprint density at radius 3 is 2.62 bits per heavy atom. The van der Waals surface area contributed by atoms with Crippen LogP contribution in [-0.4, -0.2) is 12.5 Å². The highest BCUT2D eigenvalue weighted by molar-refractivity contribution is 9.10. The van der Waals surface area contributed by atoms with Crippen LogP contribution in [0.25, 0.3) is 0 Å². The van der Waals surface area contributed by atoms with Crippen molar-refractivity contribution in [2.75, 3.05) is 11.9 Å². The number of nitrogens with one attached hydrogen (secondary N) is 1. The standard InChI is InChI=1S/C19H17BrN2OS/c20-15-8-4-9-16(12-15)22-18(23)13-21-19(17-10-5-11-24-17)14-6-2-1-3-7-14/h1-12,19,21H,13H2,(H,22,23)/p+1/t19-/m1/s1. The monoisotopic (exact) mass is 401 g/mol. The summed E-state index contributed by atoms with van der Waals surface area (Å²) in [5, 5.41) is 7.09. The summed E-state index contributed by atoms with van der Waals surface area (Å²) >= 11 is 5.13. The molecule has 3 rings (SSSR count). The molecule has 1 atom stereocenters. The molecule has 24 heavy (non-hydrogen) atoms. The molecule has 1 aromatic heterocycles. The van der Waals surface area contributed by atoms with Crippen molar-refractivity contribution in [3.05, 3.63) is 87.0 Å². The van der Waals surface area contributed by atoms with Crippen molar-refractivity contribution in [3.63, 3.8) is 0 Å². The maximum atomic E-state index is 12.3. The number of anilines is 1. The van der Waals surface area contributed by atoms with Crippen molar-refractivity contribution in [1.29, 1.82) is 0 Å². The molecule has 0 saturated carbocycles.